The van der Waals surface area contributed by atoms with Gasteiger partial charge in [0.1, 0.15) is 18.0 Å². The first kappa shape index (κ1) is 21.3. The first-order valence-corrected chi connectivity index (χ1v) is 9.97. The Bertz CT molecular complexity index is 844. The summed E-state index contributed by atoms with van der Waals surface area (Å²) >= 11 is 5.99. The number of carbonyl (C=O) groups excluding carboxylic acids is 1. The number of aryl methyl sites for hydroxylation is 1. The lowest BCUT2D eigenvalue weighted by Gasteiger charge is -2.36. The van der Waals surface area contributed by atoms with Gasteiger partial charge in [-0.15, -0.1) is 0 Å². The molecule has 0 saturated carbocycles. The average Bonchev–Trinajstić information content (AvgIpc) is 2.73. The third-order valence-corrected chi connectivity index (χ3v) is 5.27. The summed E-state index contributed by atoms with van der Waals surface area (Å²) in [7, 11) is 3.13. The molecule has 0 spiro atoms. The highest BCUT2D eigenvalue weighted by molar-refractivity contribution is 6.30. The molecular weight excluding hydrogens is 394 g/mol. The highest BCUT2D eigenvalue weighted by atomic mass is 35.5. The SMILES string of the molecule is COc1ccc(O[C@@H]2CCN(C(=O)CCc3cccc(Cl)c3)C[C@H]2O)cc1OC. The quantitative estimate of drug-likeness (QED) is 0.745. The zero-order valence-corrected chi connectivity index (χ0v) is 17.4. The molecule has 1 heterocycles. The van der Waals surface area contributed by atoms with Crippen LogP contribution in [0.4, 0.5) is 0 Å². The molecule has 156 valence electrons. The second-order valence-corrected chi connectivity index (χ2v) is 7.44. The molecule has 1 saturated heterocycles. The summed E-state index contributed by atoms with van der Waals surface area (Å²) in [5.74, 6) is 1.79. The Kier molecular flexibility index (Phi) is 7.23. The standard InChI is InChI=1S/C22H26ClNO5/c1-27-20-8-7-17(13-21(20)28-2)29-19-10-11-24(14-18(19)25)22(26)9-6-15-4-3-5-16(23)12-15/h3-5,7-8,12-13,18-19,25H,6,9-11,14H2,1-2H3/t18-,19-/m1/s1. The van der Waals surface area contributed by atoms with Gasteiger partial charge in [-0.05, 0) is 36.2 Å². The van der Waals surface area contributed by atoms with Gasteiger partial charge in [0.15, 0.2) is 11.5 Å². The van der Waals surface area contributed by atoms with Crippen molar-refractivity contribution in [2.45, 2.75) is 31.5 Å². The molecule has 0 radical (unpaired) electrons. The molecule has 0 aromatic heterocycles. The summed E-state index contributed by atoms with van der Waals surface area (Å²) in [6, 6.07) is 12.8. The van der Waals surface area contributed by atoms with Crippen LogP contribution in [0, 0.1) is 0 Å². The van der Waals surface area contributed by atoms with Crippen molar-refractivity contribution in [1.82, 2.24) is 4.90 Å². The first-order valence-electron chi connectivity index (χ1n) is 9.59. The zero-order valence-electron chi connectivity index (χ0n) is 16.6. The predicted octanol–water partition coefficient (Wildman–Crippen LogP) is 3.33. The minimum atomic E-state index is -0.757. The fourth-order valence-corrected chi connectivity index (χ4v) is 3.65. The third kappa shape index (κ3) is 5.55. The Hall–Kier alpha value is -2.44. The van der Waals surface area contributed by atoms with E-state index in [1.54, 1.807) is 37.3 Å². The fourth-order valence-electron chi connectivity index (χ4n) is 3.44. The minimum absolute atomic E-state index is 0.0218. The minimum Gasteiger partial charge on any atom is -0.493 e. The molecule has 0 aliphatic carbocycles. The summed E-state index contributed by atoms with van der Waals surface area (Å²) in [6.45, 7) is 0.801. The Labute approximate surface area is 175 Å². The molecule has 1 fully saturated rings. The van der Waals surface area contributed by atoms with Crippen molar-refractivity contribution in [3.8, 4) is 17.2 Å². The summed E-state index contributed by atoms with van der Waals surface area (Å²) in [6.07, 6.45) is 0.418. The van der Waals surface area contributed by atoms with Gasteiger partial charge in [0, 0.05) is 30.5 Å². The second-order valence-electron chi connectivity index (χ2n) is 7.00. The number of nitrogens with zero attached hydrogens (tertiary/aromatic N) is 1. The summed E-state index contributed by atoms with van der Waals surface area (Å²) in [4.78, 5) is 14.2. The maximum atomic E-state index is 12.5. The number of hydrogen-bond donors (Lipinski definition) is 1. The largest absolute Gasteiger partial charge is 0.493 e. The Balaban J connectivity index is 1.53. The summed E-state index contributed by atoms with van der Waals surface area (Å²) in [5.41, 5.74) is 1.03. The monoisotopic (exact) mass is 419 g/mol. The smallest absolute Gasteiger partial charge is 0.222 e. The van der Waals surface area contributed by atoms with Crippen LogP contribution >= 0.6 is 11.6 Å². The van der Waals surface area contributed by atoms with Gasteiger partial charge in [0.2, 0.25) is 5.91 Å². The molecule has 1 amide bonds. The highest BCUT2D eigenvalue weighted by Gasteiger charge is 2.31. The molecule has 0 bridgehead atoms. The van der Waals surface area contributed by atoms with E-state index in [0.717, 1.165) is 5.56 Å². The molecule has 7 heteroatoms. The van der Waals surface area contributed by atoms with Crippen LogP contribution in [0.5, 0.6) is 17.2 Å². The van der Waals surface area contributed by atoms with Crippen molar-refractivity contribution in [1.29, 1.82) is 0 Å². The van der Waals surface area contributed by atoms with Crippen LogP contribution in [0.15, 0.2) is 42.5 Å². The van der Waals surface area contributed by atoms with Crippen molar-refractivity contribution < 1.29 is 24.1 Å². The van der Waals surface area contributed by atoms with E-state index in [0.29, 0.717) is 48.1 Å². The highest BCUT2D eigenvalue weighted by Crippen LogP contribution is 2.32. The molecule has 0 unspecified atom stereocenters. The summed E-state index contributed by atoms with van der Waals surface area (Å²) < 4.78 is 16.4. The summed E-state index contributed by atoms with van der Waals surface area (Å²) in [5, 5.41) is 11.2. The molecule has 3 rings (SSSR count). The van der Waals surface area contributed by atoms with E-state index < -0.39 is 6.10 Å². The van der Waals surface area contributed by atoms with E-state index in [1.165, 1.54) is 0 Å². The molecular formula is C22H26ClNO5. The molecule has 2 atom stereocenters. The number of halogens is 1. The van der Waals surface area contributed by atoms with Gasteiger partial charge in [-0.2, -0.15) is 0 Å². The number of methoxy groups -OCH3 is 2. The number of aliphatic hydroxyl groups excluding tert-OH is 1. The lowest BCUT2D eigenvalue weighted by molar-refractivity contribution is -0.137. The van der Waals surface area contributed by atoms with Crippen LogP contribution < -0.4 is 14.2 Å². The number of carbonyl (C=O) groups is 1. The van der Waals surface area contributed by atoms with Gasteiger partial charge in [0.05, 0.1) is 20.8 Å². The van der Waals surface area contributed by atoms with Crippen LogP contribution in [0.3, 0.4) is 0 Å². The van der Waals surface area contributed by atoms with Crippen LogP contribution in [0.2, 0.25) is 5.02 Å². The van der Waals surface area contributed by atoms with E-state index in [9.17, 15) is 9.90 Å². The predicted molar refractivity (Wildman–Crippen MR) is 111 cm³/mol. The van der Waals surface area contributed by atoms with E-state index in [1.807, 2.05) is 24.3 Å². The molecule has 29 heavy (non-hydrogen) atoms. The number of rotatable bonds is 7. The average molecular weight is 420 g/mol. The first-order chi connectivity index (χ1) is 14.0. The van der Waals surface area contributed by atoms with Gasteiger partial charge in [0.25, 0.3) is 0 Å². The van der Waals surface area contributed by atoms with E-state index in [4.69, 9.17) is 25.8 Å². The van der Waals surface area contributed by atoms with E-state index in [-0.39, 0.29) is 18.6 Å². The van der Waals surface area contributed by atoms with Crippen molar-refractivity contribution in [3.63, 3.8) is 0 Å². The number of amides is 1. The van der Waals surface area contributed by atoms with Crippen molar-refractivity contribution >= 4 is 17.5 Å². The lowest BCUT2D eigenvalue weighted by Crippen LogP contribution is -2.51. The topological polar surface area (TPSA) is 68.2 Å². The number of aliphatic hydroxyl groups is 1. The number of piperidine rings is 1. The Morgan fingerprint density at radius 1 is 1.17 bits per heavy atom. The number of hydrogen-bond acceptors (Lipinski definition) is 5. The number of β-amino-alcohol motifs (C(OH)–C–C–N with tert-alkyl or cyclic N) is 1. The van der Waals surface area contributed by atoms with Crippen LogP contribution in [0.25, 0.3) is 0 Å². The number of likely N-dealkylation sites (tertiary alicyclic amines) is 1. The maximum Gasteiger partial charge on any atom is 0.222 e. The molecule has 6 nitrogen and oxygen atoms in total. The number of ether oxygens (including phenoxy) is 3. The van der Waals surface area contributed by atoms with Crippen molar-refractivity contribution in [3.05, 3.63) is 53.1 Å². The van der Waals surface area contributed by atoms with Crippen LogP contribution in [0.1, 0.15) is 18.4 Å². The van der Waals surface area contributed by atoms with Crippen molar-refractivity contribution in [2.24, 2.45) is 0 Å². The van der Waals surface area contributed by atoms with Gasteiger partial charge < -0.3 is 24.2 Å². The lowest BCUT2D eigenvalue weighted by atomic mass is 10.0. The molecule has 2 aromatic rings. The normalized spacial score (nSPS) is 19.0. The van der Waals surface area contributed by atoms with Crippen LogP contribution in [-0.4, -0.2) is 55.4 Å². The van der Waals surface area contributed by atoms with Gasteiger partial charge in [-0.25, -0.2) is 0 Å². The van der Waals surface area contributed by atoms with E-state index >= 15 is 0 Å². The van der Waals surface area contributed by atoms with Gasteiger partial charge in [-0.1, -0.05) is 23.7 Å². The Morgan fingerprint density at radius 2 is 1.97 bits per heavy atom. The molecule has 1 aliphatic heterocycles. The number of benzene rings is 2. The molecule has 1 N–H and O–H groups in total. The maximum absolute atomic E-state index is 12.5. The van der Waals surface area contributed by atoms with Gasteiger partial charge >= 0.3 is 0 Å². The fraction of sp³-hybridized carbons (Fsp3) is 0.409. The Morgan fingerprint density at radius 3 is 2.66 bits per heavy atom. The van der Waals surface area contributed by atoms with Gasteiger partial charge in [-0.3, -0.25) is 4.79 Å². The molecule has 2 aromatic carbocycles. The van der Waals surface area contributed by atoms with Crippen LogP contribution in [-0.2, 0) is 11.2 Å². The van der Waals surface area contributed by atoms with E-state index in [2.05, 4.69) is 0 Å². The third-order valence-electron chi connectivity index (χ3n) is 5.03. The van der Waals surface area contributed by atoms with Crippen molar-refractivity contribution in [2.75, 3.05) is 27.3 Å². The second kappa shape index (κ2) is 9.85. The zero-order chi connectivity index (χ0) is 20.8. The molecule has 1 aliphatic rings.